The number of rotatable bonds is 7. The predicted octanol–water partition coefficient (Wildman–Crippen LogP) is 3.82. The molecule has 0 atom stereocenters. The smallest absolute Gasteiger partial charge is 0.135 e. The quantitative estimate of drug-likeness (QED) is 0.588. The van der Waals surface area contributed by atoms with E-state index in [0.29, 0.717) is 5.78 Å². The Morgan fingerprint density at radius 3 is 2.08 bits per heavy atom. The van der Waals surface area contributed by atoms with E-state index >= 15 is 0 Å². The van der Waals surface area contributed by atoms with E-state index < -0.39 is 0 Å². The molecule has 0 saturated heterocycles. The summed E-state index contributed by atoms with van der Waals surface area (Å²) in [4.78, 5) is 11.3. The van der Waals surface area contributed by atoms with E-state index in [1.165, 1.54) is 19.3 Å². The van der Waals surface area contributed by atoms with Gasteiger partial charge in [-0.1, -0.05) is 47.0 Å². The third kappa shape index (κ3) is 5.84. The number of hydrogen-bond acceptors (Lipinski definition) is 1. The van der Waals surface area contributed by atoms with Crippen LogP contribution in [-0.4, -0.2) is 5.78 Å². The Kier molecular flexibility index (Phi) is 6.93. The molecule has 0 spiro atoms. The van der Waals surface area contributed by atoms with Crippen molar-refractivity contribution in [2.45, 2.75) is 59.8 Å². The van der Waals surface area contributed by atoms with Crippen molar-refractivity contribution < 1.29 is 4.79 Å². The second-order valence-corrected chi connectivity index (χ2v) is 4.20. The molecule has 13 heavy (non-hydrogen) atoms. The maximum Gasteiger partial charge on any atom is 0.135 e. The van der Waals surface area contributed by atoms with E-state index in [2.05, 4.69) is 13.8 Å². The molecule has 0 fully saturated rings. The Morgan fingerprint density at radius 2 is 1.69 bits per heavy atom. The number of ketones is 1. The summed E-state index contributed by atoms with van der Waals surface area (Å²) < 4.78 is 0. The second kappa shape index (κ2) is 7.11. The van der Waals surface area contributed by atoms with Crippen molar-refractivity contribution in [1.82, 2.24) is 0 Å². The van der Waals surface area contributed by atoms with Gasteiger partial charge in [-0.25, -0.2) is 0 Å². The van der Waals surface area contributed by atoms with Crippen LogP contribution in [0.15, 0.2) is 0 Å². The van der Waals surface area contributed by atoms with E-state index in [4.69, 9.17) is 0 Å². The molecule has 0 saturated carbocycles. The van der Waals surface area contributed by atoms with Gasteiger partial charge in [0, 0.05) is 12.3 Å². The Labute approximate surface area is 82.9 Å². The molecule has 0 aliphatic carbocycles. The van der Waals surface area contributed by atoms with Crippen LogP contribution in [0.2, 0.25) is 0 Å². The molecule has 0 heterocycles. The predicted molar refractivity (Wildman–Crippen MR) is 57.8 cm³/mol. The third-order valence-electron chi connectivity index (χ3n) is 2.83. The lowest BCUT2D eigenvalue weighted by Crippen LogP contribution is -2.07. The Bertz CT molecular complexity index is 134. The largest absolute Gasteiger partial charge is 0.299 e. The summed E-state index contributed by atoms with van der Waals surface area (Å²) in [6.45, 7) is 8.44. The van der Waals surface area contributed by atoms with Gasteiger partial charge < -0.3 is 0 Å². The normalized spacial score (nSPS) is 11.2. The lowest BCUT2D eigenvalue weighted by Gasteiger charge is -2.11. The zero-order valence-electron chi connectivity index (χ0n) is 9.60. The van der Waals surface area contributed by atoms with Crippen LogP contribution in [0.5, 0.6) is 0 Å². The molecule has 0 rings (SSSR count). The number of hydrogen-bond donors (Lipinski definition) is 0. The van der Waals surface area contributed by atoms with E-state index in [9.17, 15) is 4.79 Å². The van der Waals surface area contributed by atoms with E-state index in [-0.39, 0.29) is 5.92 Å². The summed E-state index contributed by atoms with van der Waals surface area (Å²) in [7, 11) is 0. The lowest BCUT2D eigenvalue weighted by molar-refractivity contribution is -0.122. The minimum Gasteiger partial charge on any atom is -0.299 e. The highest BCUT2D eigenvalue weighted by Crippen LogP contribution is 2.16. The fourth-order valence-corrected chi connectivity index (χ4v) is 1.55. The third-order valence-corrected chi connectivity index (χ3v) is 2.83. The maximum atomic E-state index is 11.3. The van der Waals surface area contributed by atoms with Gasteiger partial charge in [-0.05, 0) is 12.3 Å². The molecular formula is C12H24O. The Morgan fingerprint density at radius 1 is 1.15 bits per heavy atom. The Hall–Kier alpha value is -0.330. The number of Topliss-reactive ketones (excluding diaryl/α,β-unsaturated/α-hetero) is 1. The van der Waals surface area contributed by atoms with Crippen molar-refractivity contribution in [3.05, 3.63) is 0 Å². The van der Waals surface area contributed by atoms with Crippen LogP contribution in [0.1, 0.15) is 59.8 Å². The van der Waals surface area contributed by atoms with Crippen LogP contribution in [0.3, 0.4) is 0 Å². The molecule has 0 aromatic rings. The summed E-state index contributed by atoms with van der Waals surface area (Å²) in [6.07, 6.45) is 5.61. The van der Waals surface area contributed by atoms with Gasteiger partial charge in [0.15, 0.2) is 0 Å². The Balaban J connectivity index is 3.49. The highest BCUT2D eigenvalue weighted by molar-refractivity contribution is 5.80. The first-order valence-electron chi connectivity index (χ1n) is 5.64. The van der Waals surface area contributed by atoms with Gasteiger partial charge >= 0.3 is 0 Å². The lowest BCUT2D eigenvalue weighted by atomic mass is 9.94. The van der Waals surface area contributed by atoms with Gasteiger partial charge in [-0.3, -0.25) is 4.79 Å². The molecule has 1 nitrogen and oxygen atoms in total. The van der Waals surface area contributed by atoms with Crippen LogP contribution in [0.4, 0.5) is 0 Å². The molecule has 0 N–H and O–H groups in total. The minimum absolute atomic E-state index is 0.224. The molecule has 0 aliphatic heterocycles. The topological polar surface area (TPSA) is 17.1 Å². The van der Waals surface area contributed by atoms with Gasteiger partial charge in [0.2, 0.25) is 0 Å². The minimum atomic E-state index is 0.224. The SMILES string of the molecule is CCC(CC)CCCC(=O)C(C)C. The highest BCUT2D eigenvalue weighted by Gasteiger charge is 2.08. The monoisotopic (exact) mass is 184 g/mol. The van der Waals surface area contributed by atoms with Gasteiger partial charge in [0.1, 0.15) is 5.78 Å². The maximum absolute atomic E-state index is 11.3. The zero-order chi connectivity index (χ0) is 10.3. The van der Waals surface area contributed by atoms with Crippen molar-refractivity contribution in [3.63, 3.8) is 0 Å². The van der Waals surface area contributed by atoms with Crippen molar-refractivity contribution in [1.29, 1.82) is 0 Å². The molecule has 0 bridgehead atoms. The van der Waals surface area contributed by atoms with Crippen LogP contribution >= 0.6 is 0 Å². The van der Waals surface area contributed by atoms with Crippen molar-refractivity contribution >= 4 is 5.78 Å². The summed E-state index contributed by atoms with van der Waals surface area (Å²) in [5.74, 6) is 1.48. The van der Waals surface area contributed by atoms with E-state index in [1.807, 2.05) is 13.8 Å². The van der Waals surface area contributed by atoms with Crippen LogP contribution in [-0.2, 0) is 4.79 Å². The number of carbonyl (C=O) groups excluding carboxylic acids is 1. The first kappa shape index (κ1) is 12.7. The molecule has 0 amide bonds. The molecule has 0 aromatic carbocycles. The summed E-state index contributed by atoms with van der Waals surface area (Å²) in [6, 6.07) is 0. The second-order valence-electron chi connectivity index (χ2n) is 4.20. The average Bonchev–Trinajstić information content (AvgIpc) is 2.12. The van der Waals surface area contributed by atoms with Crippen LogP contribution in [0, 0.1) is 11.8 Å². The van der Waals surface area contributed by atoms with E-state index in [0.717, 1.165) is 18.8 Å². The van der Waals surface area contributed by atoms with Crippen molar-refractivity contribution in [2.24, 2.45) is 11.8 Å². The molecule has 78 valence electrons. The molecule has 0 radical (unpaired) electrons. The highest BCUT2D eigenvalue weighted by atomic mass is 16.1. The van der Waals surface area contributed by atoms with Crippen molar-refractivity contribution in [2.75, 3.05) is 0 Å². The van der Waals surface area contributed by atoms with Crippen LogP contribution in [0.25, 0.3) is 0 Å². The van der Waals surface area contributed by atoms with Gasteiger partial charge in [0.25, 0.3) is 0 Å². The first-order valence-corrected chi connectivity index (χ1v) is 5.64. The van der Waals surface area contributed by atoms with Gasteiger partial charge in [-0.2, -0.15) is 0 Å². The fraction of sp³-hybridized carbons (Fsp3) is 0.917. The fourth-order valence-electron chi connectivity index (χ4n) is 1.55. The zero-order valence-corrected chi connectivity index (χ0v) is 9.60. The van der Waals surface area contributed by atoms with Crippen LogP contribution < -0.4 is 0 Å². The molecular weight excluding hydrogens is 160 g/mol. The van der Waals surface area contributed by atoms with E-state index in [1.54, 1.807) is 0 Å². The summed E-state index contributed by atoms with van der Waals surface area (Å²) >= 11 is 0. The molecule has 0 aliphatic rings. The molecule has 0 unspecified atom stereocenters. The first-order chi connectivity index (χ1) is 6.11. The molecule has 0 aromatic heterocycles. The summed E-state index contributed by atoms with van der Waals surface area (Å²) in [5.41, 5.74) is 0. The standard InChI is InChI=1S/C12H24O/c1-5-11(6-2)8-7-9-12(13)10(3)4/h10-11H,5-9H2,1-4H3. The van der Waals surface area contributed by atoms with Crippen molar-refractivity contribution in [3.8, 4) is 0 Å². The molecule has 1 heteroatoms. The number of carbonyl (C=O) groups is 1. The average molecular weight is 184 g/mol. The van der Waals surface area contributed by atoms with Gasteiger partial charge in [0.05, 0.1) is 0 Å². The summed E-state index contributed by atoms with van der Waals surface area (Å²) in [5, 5.41) is 0. The van der Waals surface area contributed by atoms with Gasteiger partial charge in [-0.15, -0.1) is 0 Å².